The zero-order chi connectivity index (χ0) is 13.8. The highest BCUT2D eigenvalue weighted by molar-refractivity contribution is 5.30. The molecule has 0 radical (unpaired) electrons. The van der Waals surface area contributed by atoms with Crippen LogP contribution >= 0.6 is 0 Å². The lowest BCUT2D eigenvalue weighted by atomic mass is 9.91. The van der Waals surface area contributed by atoms with Crippen molar-refractivity contribution in [3.8, 4) is 0 Å². The molecule has 3 N–H and O–H groups in total. The fourth-order valence-corrected chi connectivity index (χ4v) is 3.42. The van der Waals surface area contributed by atoms with Gasteiger partial charge in [0.1, 0.15) is 5.82 Å². The van der Waals surface area contributed by atoms with E-state index in [1.807, 2.05) is 0 Å². The van der Waals surface area contributed by atoms with Gasteiger partial charge < -0.3 is 10.6 Å². The lowest BCUT2D eigenvalue weighted by Gasteiger charge is -2.29. The smallest absolute Gasteiger partial charge is 0.244 e. The number of piperidine rings is 1. The average Bonchev–Trinajstić information content (AvgIpc) is 2.89. The molecular formula is C15H27N5. The molecule has 0 bridgehead atoms. The Kier molecular flexibility index (Phi) is 4.55. The van der Waals surface area contributed by atoms with E-state index in [2.05, 4.69) is 15.1 Å². The van der Waals surface area contributed by atoms with Crippen LogP contribution in [0.5, 0.6) is 0 Å². The third kappa shape index (κ3) is 3.32. The number of rotatable bonds is 2. The van der Waals surface area contributed by atoms with Gasteiger partial charge in [-0.15, -0.1) is 5.10 Å². The normalized spacial score (nSPS) is 23.6. The molecular weight excluding hydrogens is 250 g/mol. The van der Waals surface area contributed by atoms with E-state index in [0.717, 1.165) is 37.7 Å². The monoisotopic (exact) mass is 277 g/mol. The average molecular weight is 277 g/mol. The Bertz CT molecular complexity index is 400. The Balaban J connectivity index is 1.63. The maximum atomic E-state index is 5.95. The minimum Gasteiger partial charge on any atom is -0.339 e. The third-order valence-electron chi connectivity index (χ3n) is 4.81. The van der Waals surface area contributed by atoms with Crippen LogP contribution in [0.4, 0.5) is 5.95 Å². The molecule has 5 heteroatoms. The van der Waals surface area contributed by atoms with Crippen LogP contribution in [0.3, 0.4) is 0 Å². The summed E-state index contributed by atoms with van der Waals surface area (Å²) in [5.41, 5.74) is 5.95. The number of nitrogens with zero attached hydrogens (tertiary/aromatic N) is 3. The van der Waals surface area contributed by atoms with Crippen molar-refractivity contribution in [1.82, 2.24) is 15.2 Å². The summed E-state index contributed by atoms with van der Waals surface area (Å²) in [6.07, 6.45) is 11.4. The predicted molar refractivity (Wildman–Crippen MR) is 80.9 cm³/mol. The fourth-order valence-electron chi connectivity index (χ4n) is 3.42. The van der Waals surface area contributed by atoms with Crippen molar-refractivity contribution in [3.05, 3.63) is 5.82 Å². The van der Waals surface area contributed by atoms with Crippen LogP contribution in [-0.4, -0.2) is 34.3 Å². The molecule has 1 aromatic heterocycles. The maximum absolute atomic E-state index is 5.95. The molecule has 2 fully saturated rings. The van der Waals surface area contributed by atoms with E-state index < -0.39 is 0 Å². The second-order valence-corrected chi connectivity index (χ2v) is 6.39. The standard InChI is InChI=1S/C15H27N5/c16-13-8-10-20(11-9-13)15-17-14(18-19-15)12-6-4-2-1-3-5-7-12/h12-13H,1-11,16H2,(H,17,18,19). The summed E-state index contributed by atoms with van der Waals surface area (Å²) in [6, 6.07) is 0.357. The summed E-state index contributed by atoms with van der Waals surface area (Å²) in [6.45, 7) is 1.98. The van der Waals surface area contributed by atoms with Gasteiger partial charge in [0.2, 0.25) is 5.95 Å². The molecule has 20 heavy (non-hydrogen) atoms. The fraction of sp³-hybridized carbons (Fsp3) is 0.867. The Morgan fingerprint density at radius 1 is 0.950 bits per heavy atom. The van der Waals surface area contributed by atoms with Crippen LogP contribution in [-0.2, 0) is 0 Å². The van der Waals surface area contributed by atoms with Crippen molar-refractivity contribution in [2.75, 3.05) is 18.0 Å². The third-order valence-corrected chi connectivity index (χ3v) is 4.81. The molecule has 0 amide bonds. The van der Waals surface area contributed by atoms with Crippen molar-refractivity contribution >= 4 is 5.95 Å². The molecule has 5 nitrogen and oxygen atoms in total. The van der Waals surface area contributed by atoms with Crippen molar-refractivity contribution < 1.29 is 0 Å². The second kappa shape index (κ2) is 6.57. The number of hydrogen-bond acceptors (Lipinski definition) is 4. The zero-order valence-electron chi connectivity index (χ0n) is 12.4. The Hall–Kier alpha value is -1.10. The number of hydrogen-bond donors (Lipinski definition) is 2. The van der Waals surface area contributed by atoms with E-state index >= 15 is 0 Å². The SMILES string of the molecule is NC1CCN(c2n[nH]c(C3CCCCCCC3)n2)CC1. The van der Waals surface area contributed by atoms with Crippen LogP contribution < -0.4 is 10.6 Å². The zero-order valence-corrected chi connectivity index (χ0v) is 12.4. The molecule has 1 aliphatic heterocycles. The van der Waals surface area contributed by atoms with E-state index in [9.17, 15) is 0 Å². The van der Waals surface area contributed by atoms with Crippen molar-refractivity contribution in [2.24, 2.45) is 5.73 Å². The van der Waals surface area contributed by atoms with Crippen LogP contribution in [0, 0.1) is 0 Å². The molecule has 3 rings (SSSR count). The summed E-state index contributed by atoms with van der Waals surface area (Å²) in [4.78, 5) is 7.04. The van der Waals surface area contributed by atoms with Crippen LogP contribution in [0.25, 0.3) is 0 Å². The molecule has 1 saturated heterocycles. The van der Waals surface area contributed by atoms with Gasteiger partial charge in [-0.25, -0.2) is 0 Å². The number of aromatic amines is 1. The number of nitrogens with two attached hydrogens (primary N) is 1. The van der Waals surface area contributed by atoms with Crippen molar-refractivity contribution in [2.45, 2.75) is 69.7 Å². The van der Waals surface area contributed by atoms with Crippen LogP contribution in [0.2, 0.25) is 0 Å². The van der Waals surface area contributed by atoms with Gasteiger partial charge in [-0.3, -0.25) is 5.10 Å². The van der Waals surface area contributed by atoms with Crippen LogP contribution in [0.15, 0.2) is 0 Å². The largest absolute Gasteiger partial charge is 0.339 e. The summed E-state index contributed by atoms with van der Waals surface area (Å²) >= 11 is 0. The quantitative estimate of drug-likeness (QED) is 0.871. The van der Waals surface area contributed by atoms with E-state index in [1.54, 1.807) is 0 Å². The second-order valence-electron chi connectivity index (χ2n) is 6.39. The van der Waals surface area contributed by atoms with E-state index in [0.29, 0.717) is 12.0 Å². The van der Waals surface area contributed by atoms with Gasteiger partial charge in [0.15, 0.2) is 0 Å². The summed E-state index contributed by atoms with van der Waals surface area (Å²) in [7, 11) is 0. The molecule has 1 saturated carbocycles. The lowest BCUT2D eigenvalue weighted by Crippen LogP contribution is -2.40. The van der Waals surface area contributed by atoms with Gasteiger partial charge in [0, 0.05) is 25.0 Å². The molecule has 1 aliphatic carbocycles. The predicted octanol–water partition coefficient (Wildman–Crippen LogP) is 2.56. The Morgan fingerprint density at radius 2 is 1.60 bits per heavy atom. The van der Waals surface area contributed by atoms with Gasteiger partial charge in [-0.1, -0.05) is 32.1 Å². The summed E-state index contributed by atoms with van der Waals surface area (Å²) in [5, 5.41) is 7.64. The summed E-state index contributed by atoms with van der Waals surface area (Å²) < 4.78 is 0. The Morgan fingerprint density at radius 3 is 2.30 bits per heavy atom. The first-order valence-corrected chi connectivity index (χ1v) is 8.26. The number of anilines is 1. The van der Waals surface area contributed by atoms with Crippen molar-refractivity contribution in [3.63, 3.8) is 0 Å². The van der Waals surface area contributed by atoms with E-state index in [4.69, 9.17) is 10.7 Å². The van der Waals surface area contributed by atoms with E-state index in [-0.39, 0.29) is 0 Å². The molecule has 112 valence electrons. The topological polar surface area (TPSA) is 70.8 Å². The molecule has 0 spiro atoms. The first-order chi connectivity index (χ1) is 9.83. The van der Waals surface area contributed by atoms with Gasteiger partial charge in [-0.2, -0.15) is 4.98 Å². The highest BCUT2D eigenvalue weighted by Crippen LogP contribution is 2.29. The number of H-pyrrole nitrogens is 1. The molecule has 2 aliphatic rings. The highest BCUT2D eigenvalue weighted by atomic mass is 15.4. The summed E-state index contributed by atoms with van der Waals surface area (Å²) in [5.74, 6) is 2.58. The first kappa shape index (κ1) is 13.9. The number of aromatic nitrogens is 3. The van der Waals surface area contributed by atoms with Crippen LogP contribution in [0.1, 0.15) is 69.5 Å². The van der Waals surface area contributed by atoms with Crippen molar-refractivity contribution in [1.29, 1.82) is 0 Å². The number of nitrogens with one attached hydrogen (secondary N) is 1. The lowest BCUT2D eigenvalue weighted by molar-refractivity contribution is 0.443. The minimum absolute atomic E-state index is 0.357. The molecule has 1 aromatic rings. The molecule has 0 atom stereocenters. The van der Waals surface area contributed by atoms with Gasteiger partial charge in [-0.05, 0) is 25.7 Å². The maximum Gasteiger partial charge on any atom is 0.244 e. The highest BCUT2D eigenvalue weighted by Gasteiger charge is 2.22. The molecule has 0 aromatic carbocycles. The molecule has 2 heterocycles. The Labute approximate surface area is 121 Å². The first-order valence-electron chi connectivity index (χ1n) is 8.26. The van der Waals surface area contributed by atoms with Gasteiger partial charge >= 0.3 is 0 Å². The van der Waals surface area contributed by atoms with E-state index in [1.165, 1.54) is 44.9 Å². The van der Waals surface area contributed by atoms with Gasteiger partial charge in [0.05, 0.1) is 0 Å². The molecule has 0 unspecified atom stereocenters. The minimum atomic E-state index is 0.357. The van der Waals surface area contributed by atoms with Gasteiger partial charge in [0.25, 0.3) is 0 Å².